The van der Waals surface area contributed by atoms with Gasteiger partial charge in [0.25, 0.3) is 0 Å². The van der Waals surface area contributed by atoms with Gasteiger partial charge >= 0.3 is 5.97 Å². The zero-order valence-electron chi connectivity index (χ0n) is 12.5. The Bertz CT molecular complexity index is 647. The van der Waals surface area contributed by atoms with Crippen LogP contribution in [0.2, 0.25) is 0 Å². The molecule has 0 aliphatic carbocycles. The van der Waals surface area contributed by atoms with Gasteiger partial charge in [-0.05, 0) is 13.8 Å². The van der Waals surface area contributed by atoms with Gasteiger partial charge in [-0.1, -0.05) is 15.9 Å². The maximum absolute atomic E-state index is 13.9. The van der Waals surface area contributed by atoms with E-state index in [1.54, 1.807) is 0 Å². The number of ether oxygens (including phenoxy) is 1. The third-order valence-electron chi connectivity index (χ3n) is 2.86. The van der Waals surface area contributed by atoms with Gasteiger partial charge in [0, 0.05) is 29.7 Å². The van der Waals surface area contributed by atoms with Gasteiger partial charge in [0.2, 0.25) is 5.78 Å². The number of rotatable bonds is 7. The van der Waals surface area contributed by atoms with Gasteiger partial charge in [-0.15, -0.1) is 0 Å². The van der Waals surface area contributed by atoms with Crippen molar-refractivity contribution in [3.63, 3.8) is 0 Å². The first-order valence-electron chi connectivity index (χ1n) is 6.70. The highest BCUT2D eigenvalue weighted by atomic mass is 79.9. The second-order valence-corrected chi connectivity index (χ2v) is 5.20. The van der Waals surface area contributed by atoms with Crippen LogP contribution < -0.4 is 5.32 Å². The monoisotopic (exact) mass is 393 g/mol. The van der Waals surface area contributed by atoms with E-state index < -0.39 is 45.9 Å². The fourth-order valence-electron chi connectivity index (χ4n) is 1.78. The lowest BCUT2D eigenvalue weighted by Gasteiger charge is -2.11. The summed E-state index contributed by atoms with van der Waals surface area (Å²) in [5.74, 6) is -6.06. The van der Waals surface area contributed by atoms with Crippen molar-refractivity contribution in [1.29, 1.82) is 0 Å². The molecule has 1 rings (SSSR count). The van der Waals surface area contributed by atoms with E-state index in [0.717, 1.165) is 13.1 Å². The molecule has 0 heterocycles. The van der Waals surface area contributed by atoms with Gasteiger partial charge in [0.1, 0.15) is 11.4 Å². The van der Waals surface area contributed by atoms with Gasteiger partial charge in [-0.2, -0.15) is 0 Å². The standard InChI is InChI=1S/C15H15BrF3NO3/c1-3-23-15(22)9(7-20-5-4-16)14(21)12-8(2)13(19)11(18)6-10(12)17/h6-7,20H,3-5H2,1-2H3. The maximum atomic E-state index is 13.9. The first-order valence-corrected chi connectivity index (χ1v) is 7.82. The summed E-state index contributed by atoms with van der Waals surface area (Å²) in [4.78, 5) is 24.3. The highest BCUT2D eigenvalue weighted by Crippen LogP contribution is 2.23. The summed E-state index contributed by atoms with van der Waals surface area (Å²) in [5, 5.41) is 3.20. The lowest BCUT2D eigenvalue weighted by atomic mass is 9.98. The Morgan fingerprint density at radius 1 is 1.30 bits per heavy atom. The minimum atomic E-state index is -1.41. The molecule has 1 N–H and O–H groups in total. The zero-order valence-corrected chi connectivity index (χ0v) is 14.1. The lowest BCUT2D eigenvalue weighted by Crippen LogP contribution is -2.22. The maximum Gasteiger partial charge on any atom is 0.343 e. The van der Waals surface area contributed by atoms with Gasteiger partial charge in [0.05, 0.1) is 12.2 Å². The first-order chi connectivity index (χ1) is 10.8. The molecule has 1 aromatic rings. The summed E-state index contributed by atoms with van der Waals surface area (Å²) < 4.78 is 45.4. The quantitative estimate of drug-likeness (QED) is 0.113. The Hall–Kier alpha value is -1.83. The van der Waals surface area contributed by atoms with Crippen LogP contribution in [0.15, 0.2) is 17.8 Å². The van der Waals surface area contributed by atoms with E-state index in [-0.39, 0.29) is 12.7 Å². The zero-order chi connectivity index (χ0) is 17.6. The van der Waals surface area contributed by atoms with Crippen LogP contribution in [-0.4, -0.2) is 30.2 Å². The lowest BCUT2D eigenvalue weighted by molar-refractivity contribution is -0.138. The van der Waals surface area contributed by atoms with Crippen molar-refractivity contribution in [3.8, 4) is 0 Å². The van der Waals surface area contributed by atoms with Crippen molar-refractivity contribution in [1.82, 2.24) is 5.32 Å². The number of hydrogen-bond donors (Lipinski definition) is 1. The SMILES string of the molecule is CCOC(=O)C(=CNCCBr)C(=O)c1c(F)cc(F)c(F)c1C. The van der Waals surface area contributed by atoms with Crippen LogP contribution in [0, 0.1) is 24.4 Å². The molecule has 0 atom stereocenters. The molecule has 0 aliphatic rings. The van der Waals surface area contributed by atoms with E-state index in [1.807, 2.05) is 0 Å². The molecule has 0 bridgehead atoms. The number of carbonyl (C=O) groups excluding carboxylic acids is 2. The molecular weight excluding hydrogens is 379 g/mol. The molecule has 0 saturated heterocycles. The van der Waals surface area contributed by atoms with Crippen molar-refractivity contribution < 1.29 is 27.5 Å². The number of esters is 1. The van der Waals surface area contributed by atoms with Crippen molar-refractivity contribution in [2.45, 2.75) is 13.8 Å². The third-order valence-corrected chi connectivity index (χ3v) is 3.25. The molecule has 0 amide bonds. The molecule has 0 aromatic heterocycles. The predicted octanol–water partition coefficient (Wildman–Crippen LogP) is 3.03. The number of Topliss-reactive ketones (excluding diaryl/α,β-unsaturated/α-hetero) is 1. The van der Waals surface area contributed by atoms with Crippen LogP contribution in [0.4, 0.5) is 13.2 Å². The number of hydrogen-bond acceptors (Lipinski definition) is 4. The molecule has 0 saturated carbocycles. The molecule has 126 valence electrons. The van der Waals surface area contributed by atoms with Gasteiger partial charge in [0.15, 0.2) is 11.6 Å². The minimum Gasteiger partial charge on any atom is -0.462 e. The van der Waals surface area contributed by atoms with Crippen molar-refractivity contribution in [3.05, 3.63) is 46.4 Å². The number of halogens is 4. The molecule has 1 aromatic carbocycles. The molecule has 0 fully saturated rings. The summed E-state index contributed by atoms with van der Waals surface area (Å²) in [5.41, 5.74) is -1.71. The predicted molar refractivity (Wildman–Crippen MR) is 81.9 cm³/mol. The Morgan fingerprint density at radius 2 is 1.96 bits per heavy atom. The minimum absolute atomic E-state index is 0.00113. The van der Waals surface area contributed by atoms with E-state index >= 15 is 0 Å². The molecule has 0 spiro atoms. The molecule has 0 aliphatic heterocycles. The molecule has 23 heavy (non-hydrogen) atoms. The average Bonchev–Trinajstić information content (AvgIpc) is 2.49. The summed E-state index contributed by atoms with van der Waals surface area (Å²) in [6, 6.07) is 0.268. The van der Waals surface area contributed by atoms with Crippen molar-refractivity contribution in [2.24, 2.45) is 0 Å². The molecule has 0 radical (unpaired) electrons. The Balaban J connectivity index is 3.33. The summed E-state index contributed by atoms with van der Waals surface area (Å²) in [6.07, 6.45) is 1.07. The van der Waals surface area contributed by atoms with Gasteiger partial charge < -0.3 is 10.1 Å². The highest BCUT2D eigenvalue weighted by Gasteiger charge is 2.28. The smallest absolute Gasteiger partial charge is 0.343 e. The highest BCUT2D eigenvalue weighted by molar-refractivity contribution is 9.09. The van der Waals surface area contributed by atoms with Crippen LogP contribution in [0.25, 0.3) is 0 Å². The van der Waals surface area contributed by atoms with E-state index in [2.05, 4.69) is 21.2 Å². The van der Waals surface area contributed by atoms with E-state index in [9.17, 15) is 22.8 Å². The Kier molecular flexibility index (Phi) is 7.28. The first kappa shape index (κ1) is 19.2. The normalized spacial score (nSPS) is 11.3. The van der Waals surface area contributed by atoms with Crippen LogP contribution in [0.5, 0.6) is 0 Å². The molecule has 0 unspecified atom stereocenters. The topological polar surface area (TPSA) is 55.4 Å². The third kappa shape index (κ3) is 4.57. The second-order valence-electron chi connectivity index (χ2n) is 4.40. The Labute approximate surface area is 139 Å². The second kappa shape index (κ2) is 8.71. The van der Waals surface area contributed by atoms with E-state index in [1.165, 1.54) is 6.92 Å². The fraction of sp³-hybridized carbons (Fsp3) is 0.333. The summed E-state index contributed by atoms with van der Waals surface area (Å²) >= 11 is 3.15. The average molecular weight is 394 g/mol. The summed E-state index contributed by atoms with van der Waals surface area (Å²) in [7, 11) is 0. The van der Waals surface area contributed by atoms with E-state index in [0.29, 0.717) is 11.9 Å². The van der Waals surface area contributed by atoms with Crippen molar-refractivity contribution >= 4 is 27.7 Å². The number of benzene rings is 1. The van der Waals surface area contributed by atoms with Crippen LogP contribution in [-0.2, 0) is 9.53 Å². The molecule has 8 heteroatoms. The number of carbonyl (C=O) groups is 2. The van der Waals surface area contributed by atoms with E-state index in [4.69, 9.17) is 4.74 Å². The fourth-order valence-corrected chi connectivity index (χ4v) is 2.01. The number of ketones is 1. The van der Waals surface area contributed by atoms with Gasteiger partial charge in [-0.25, -0.2) is 18.0 Å². The Morgan fingerprint density at radius 3 is 2.52 bits per heavy atom. The number of nitrogens with one attached hydrogen (secondary N) is 1. The molecular formula is C15H15BrF3NO3. The van der Waals surface area contributed by atoms with Gasteiger partial charge in [-0.3, -0.25) is 4.79 Å². The largest absolute Gasteiger partial charge is 0.462 e. The van der Waals surface area contributed by atoms with Crippen LogP contribution in [0.1, 0.15) is 22.8 Å². The molecule has 4 nitrogen and oxygen atoms in total. The van der Waals surface area contributed by atoms with Crippen LogP contribution in [0.3, 0.4) is 0 Å². The van der Waals surface area contributed by atoms with Crippen molar-refractivity contribution in [2.75, 3.05) is 18.5 Å². The number of alkyl halides is 1. The summed E-state index contributed by atoms with van der Waals surface area (Å²) in [6.45, 7) is 2.98. The van der Waals surface area contributed by atoms with Crippen LogP contribution >= 0.6 is 15.9 Å².